The molecule has 0 aliphatic rings. The van der Waals surface area contributed by atoms with Gasteiger partial charge in [-0.1, -0.05) is 36.4 Å². The zero-order valence-corrected chi connectivity index (χ0v) is 15.9. The van der Waals surface area contributed by atoms with Crippen molar-refractivity contribution in [1.82, 2.24) is 4.57 Å². The topological polar surface area (TPSA) is 31.2 Å². The van der Waals surface area contributed by atoms with Gasteiger partial charge in [-0.05, 0) is 43.3 Å². The lowest BCUT2D eigenvalue weighted by molar-refractivity contribution is 0.668. The molecule has 0 amide bonds. The number of furan rings is 2. The summed E-state index contributed by atoms with van der Waals surface area (Å²) in [5.74, 6) is 0. The van der Waals surface area contributed by atoms with Crippen LogP contribution in [-0.4, -0.2) is 4.57 Å². The Hall–Kier alpha value is -3.72. The first-order valence-corrected chi connectivity index (χ1v) is 10.0. The summed E-state index contributed by atoms with van der Waals surface area (Å²) in [6.07, 6.45) is 0. The normalized spacial score (nSPS) is 12.4. The Morgan fingerprint density at radius 3 is 1.52 bits per heavy atom. The van der Waals surface area contributed by atoms with E-state index in [1.807, 2.05) is 24.3 Å². The van der Waals surface area contributed by atoms with E-state index in [9.17, 15) is 0 Å². The van der Waals surface area contributed by atoms with Gasteiger partial charge in [0.2, 0.25) is 0 Å². The Labute approximate surface area is 165 Å². The van der Waals surface area contributed by atoms with Gasteiger partial charge in [0.15, 0.2) is 0 Å². The van der Waals surface area contributed by atoms with E-state index in [1.165, 1.54) is 32.6 Å². The van der Waals surface area contributed by atoms with Gasteiger partial charge in [-0.15, -0.1) is 0 Å². The molecule has 0 saturated heterocycles. The largest absolute Gasteiger partial charge is 0.456 e. The lowest BCUT2D eigenvalue weighted by atomic mass is 10.0. The molecule has 29 heavy (non-hydrogen) atoms. The fourth-order valence-corrected chi connectivity index (χ4v) is 5.04. The molecular weight excluding hydrogens is 358 g/mol. The van der Waals surface area contributed by atoms with E-state index in [0.29, 0.717) is 0 Å². The van der Waals surface area contributed by atoms with Gasteiger partial charge in [-0.25, -0.2) is 0 Å². The Morgan fingerprint density at radius 2 is 1.03 bits per heavy atom. The first kappa shape index (κ1) is 15.2. The zero-order valence-electron chi connectivity index (χ0n) is 15.9. The molecule has 0 spiro atoms. The molecular formula is C26H17NO2. The van der Waals surface area contributed by atoms with Gasteiger partial charge in [0.05, 0.1) is 11.0 Å². The van der Waals surface area contributed by atoms with E-state index < -0.39 is 0 Å². The highest BCUT2D eigenvalue weighted by atomic mass is 16.3. The second kappa shape index (κ2) is 5.21. The van der Waals surface area contributed by atoms with Crippen LogP contribution in [0.5, 0.6) is 0 Å². The molecule has 0 aliphatic carbocycles. The molecule has 0 bridgehead atoms. The Morgan fingerprint density at radius 1 is 0.552 bits per heavy atom. The molecule has 0 aliphatic heterocycles. The minimum absolute atomic E-state index is 0.905. The molecule has 3 nitrogen and oxygen atoms in total. The van der Waals surface area contributed by atoms with E-state index in [4.69, 9.17) is 8.83 Å². The van der Waals surface area contributed by atoms with E-state index in [2.05, 4.69) is 60.0 Å². The number of fused-ring (bicyclic) bond motifs is 11. The predicted octanol–water partition coefficient (Wildman–Crippen LogP) is 7.61. The summed E-state index contributed by atoms with van der Waals surface area (Å²) >= 11 is 0. The molecule has 3 heterocycles. The van der Waals surface area contributed by atoms with Crippen LogP contribution >= 0.6 is 0 Å². The van der Waals surface area contributed by atoms with Crippen LogP contribution in [0.4, 0.5) is 0 Å². The molecule has 0 saturated carbocycles. The fraction of sp³-hybridized carbons (Fsp3) is 0.0769. The van der Waals surface area contributed by atoms with Crippen LogP contribution < -0.4 is 0 Å². The average molecular weight is 375 g/mol. The van der Waals surface area contributed by atoms with Crippen LogP contribution in [0.1, 0.15) is 6.92 Å². The standard InChI is InChI=1S/C26H17NO2/c1-2-27-17-11-13-21-23(15-7-3-5-9-19(15)28-21)25(17)26-18(27)12-14-22-24(26)16-8-4-6-10-20(16)29-22/h3-14H,2H2,1H3. The van der Waals surface area contributed by atoms with E-state index >= 15 is 0 Å². The molecule has 0 atom stereocenters. The van der Waals surface area contributed by atoms with Crippen molar-refractivity contribution in [1.29, 1.82) is 0 Å². The average Bonchev–Trinajstić information content (AvgIpc) is 3.41. The SMILES string of the molecule is CCn1c2ccc3oc4ccccc4c3c2c2c3c(ccc21)oc1ccccc13. The second-order valence-corrected chi connectivity index (χ2v) is 7.61. The maximum atomic E-state index is 6.20. The Bertz CT molecular complexity index is 1620. The van der Waals surface area contributed by atoms with Gasteiger partial charge >= 0.3 is 0 Å². The third kappa shape index (κ3) is 1.78. The van der Waals surface area contributed by atoms with Gasteiger partial charge in [0.25, 0.3) is 0 Å². The van der Waals surface area contributed by atoms with Gasteiger partial charge < -0.3 is 13.4 Å². The van der Waals surface area contributed by atoms with Gasteiger partial charge in [0.1, 0.15) is 22.3 Å². The number of nitrogens with zero attached hydrogens (tertiary/aromatic N) is 1. The third-order valence-corrected chi connectivity index (χ3v) is 6.19. The monoisotopic (exact) mass is 375 g/mol. The summed E-state index contributed by atoms with van der Waals surface area (Å²) in [6.45, 7) is 3.11. The Balaban J connectivity index is 1.89. The summed E-state index contributed by atoms with van der Waals surface area (Å²) in [6, 6.07) is 25.2. The zero-order chi connectivity index (χ0) is 19.1. The minimum atomic E-state index is 0.905. The van der Waals surface area contributed by atoms with Crippen LogP contribution in [0.3, 0.4) is 0 Å². The lowest BCUT2D eigenvalue weighted by Crippen LogP contribution is -1.92. The molecule has 3 heteroatoms. The van der Waals surface area contributed by atoms with Crippen molar-refractivity contribution in [2.45, 2.75) is 13.5 Å². The number of hydrogen-bond donors (Lipinski definition) is 0. The lowest BCUT2D eigenvalue weighted by Gasteiger charge is -2.02. The number of aryl methyl sites for hydroxylation is 1. The van der Waals surface area contributed by atoms with Crippen molar-refractivity contribution in [2.75, 3.05) is 0 Å². The first-order chi connectivity index (χ1) is 14.3. The van der Waals surface area contributed by atoms with Crippen LogP contribution in [0, 0.1) is 0 Å². The summed E-state index contributed by atoms with van der Waals surface area (Å²) < 4.78 is 14.8. The minimum Gasteiger partial charge on any atom is -0.456 e. The van der Waals surface area contributed by atoms with Crippen molar-refractivity contribution in [3.63, 3.8) is 0 Å². The van der Waals surface area contributed by atoms with Crippen molar-refractivity contribution >= 4 is 65.7 Å². The third-order valence-electron chi connectivity index (χ3n) is 6.19. The van der Waals surface area contributed by atoms with Crippen molar-refractivity contribution < 1.29 is 8.83 Å². The van der Waals surface area contributed by atoms with Crippen molar-refractivity contribution in [3.8, 4) is 0 Å². The first-order valence-electron chi connectivity index (χ1n) is 10.0. The number of rotatable bonds is 1. The van der Waals surface area contributed by atoms with Crippen molar-refractivity contribution in [2.24, 2.45) is 0 Å². The Kier molecular flexibility index (Phi) is 2.73. The molecule has 0 N–H and O–H groups in total. The molecule has 138 valence electrons. The van der Waals surface area contributed by atoms with Crippen LogP contribution in [-0.2, 0) is 6.54 Å². The molecule has 0 unspecified atom stereocenters. The molecule has 7 aromatic rings. The fourth-order valence-electron chi connectivity index (χ4n) is 5.04. The smallest absolute Gasteiger partial charge is 0.136 e. The number of para-hydroxylation sites is 2. The molecule has 0 fully saturated rings. The number of benzene rings is 4. The summed E-state index contributed by atoms with van der Waals surface area (Å²) in [5.41, 5.74) is 6.18. The van der Waals surface area contributed by atoms with Crippen LogP contribution in [0.15, 0.2) is 81.6 Å². The summed E-state index contributed by atoms with van der Waals surface area (Å²) in [5, 5.41) is 7.20. The van der Waals surface area contributed by atoms with Crippen LogP contribution in [0.2, 0.25) is 0 Å². The molecule has 7 rings (SSSR count). The number of hydrogen-bond acceptors (Lipinski definition) is 2. The van der Waals surface area contributed by atoms with Gasteiger partial charge in [0, 0.05) is 38.9 Å². The highest BCUT2D eigenvalue weighted by molar-refractivity contribution is 6.34. The van der Waals surface area contributed by atoms with E-state index in [1.54, 1.807) is 0 Å². The van der Waals surface area contributed by atoms with E-state index in [0.717, 1.165) is 39.6 Å². The maximum Gasteiger partial charge on any atom is 0.136 e. The summed E-state index contributed by atoms with van der Waals surface area (Å²) in [7, 11) is 0. The van der Waals surface area contributed by atoms with E-state index in [-0.39, 0.29) is 0 Å². The molecule has 4 aromatic carbocycles. The maximum absolute atomic E-state index is 6.20. The van der Waals surface area contributed by atoms with Crippen LogP contribution in [0.25, 0.3) is 65.7 Å². The molecule has 3 aromatic heterocycles. The predicted molar refractivity (Wildman–Crippen MR) is 120 cm³/mol. The van der Waals surface area contributed by atoms with Gasteiger partial charge in [-0.3, -0.25) is 0 Å². The van der Waals surface area contributed by atoms with Gasteiger partial charge in [-0.2, -0.15) is 0 Å². The number of aromatic nitrogens is 1. The quantitative estimate of drug-likeness (QED) is 0.295. The highest BCUT2D eigenvalue weighted by Crippen LogP contribution is 2.44. The highest BCUT2D eigenvalue weighted by Gasteiger charge is 2.21. The van der Waals surface area contributed by atoms with Crippen molar-refractivity contribution in [3.05, 3.63) is 72.8 Å². The molecule has 0 radical (unpaired) electrons. The summed E-state index contributed by atoms with van der Waals surface area (Å²) in [4.78, 5) is 0. The second-order valence-electron chi connectivity index (χ2n) is 7.61.